The van der Waals surface area contributed by atoms with Crippen molar-refractivity contribution in [2.75, 3.05) is 5.32 Å². The predicted octanol–water partition coefficient (Wildman–Crippen LogP) is 6.09. The standard InChI is InChI=1S/C28H35NO3/c1-18(2)21-16-20-11-12-24-27(3,13-8-14-28(24,4)26(31)32)22(20)17-23(21)29-25(30)15-19-9-6-5-7-10-19/h5-7,9-10,16-18,24H,8,11-15H2,1-4H3,(H,29,30)(H,31,32)/t24-,27-,28-/m1/s1. The summed E-state index contributed by atoms with van der Waals surface area (Å²) >= 11 is 0. The first-order chi connectivity index (χ1) is 15.1. The Morgan fingerprint density at radius 3 is 2.50 bits per heavy atom. The molecule has 0 aromatic heterocycles. The molecule has 0 saturated heterocycles. The number of aliphatic carboxylic acids is 1. The van der Waals surface area contributed by atoms with Crippen LogP contribution in [0.2, 0.25) is 0 Å². The largest absolute Gasteiger partial charge is 0.481 e. The van der Waals surface area contributed by atoms with Crippen molar-refractivity contribution < 1.29 is 14.7 Å². The molecule has 1 saturated carbocycles. The Kier molecular flexibility index (Phi) is 5.91. The number of carboxylic acid groups (broad SMARTS) is 1. The summed E-state index contributed by atoms with van der Waals surface area (Å²) in [6, 6.07) is 14.2. The maximum atomic E-state index is 12.9. The lowest BCUT2D eigenvalue weighted by molar-refractivity contribution is -0.157. The molecule has 2 aliphatic rings. The zero-order valence-electron chi connectivity index (χ0n) is 19.7. The lowest BCUT2D eigenvalue weighted by Crippen LogP contribution is -2.52. The third-order valence-corrected chi connectivity index (χ3v) is 8.12. The van der Waals surface area contributed by atoms with Gasteiger partial charge in [0, 0.05) is 5.69 Å². The number of hydrogen-bond acceptors (Lipinski definition) is 2. The van der Waals surface area contributed by atoms with E-state index in [1.165, 1.54) is 11.1 Å². The van der Waals surface area contributed by atoms with Crippen LogP contribution < -0.4 is 5.32 Å². The molecule has 2 aromatic rings. The summed E-state index contributed by atoms with van der Waals surface area (Å²) in [5.74, 6) is -0.304. The van der Waals surface area contributed by atoms with E-state index in [1.807, 2.05) is 37.3 Å². The third kappa shape index (κ3) is 3.85. The summed E-state index contributed by atoms with van der Waals surface area (Å²) in [4.78, 5) is 25.1. The van der Waals surface area contributed by atoms with Gasteiger partial charge in [-0.25, -0.2) is 0 Å². The van der Waals surface area contributed by atoms with Gasteiger partial charge in [-0.1, -0.05) is 63.6 Å². The van der Waals surface area contributed by atoms with Gasteiger partial charge in [-0.2, -0.15) is 0 Å². The van der Waals surface area contributed by atoms with Crippen LogP contribution in [0.25, 0.3) is 0 Å². The van der Waals surface area contributed by atoms with Gasteiger partial charge in [0.2, 0.25) is 5.91 Å². The number of hydrogen-bond donors (Lipinski definition) is 2. The number of carbonyl (C=O) groups is 2. The number of amides is 1. The van der Waals surface area contributed by atoms with E-state index in [1.54, 1.807) is 0 Å². The smallest absolute Gasteiger partial charge is 0.309 e. The monoisotopic (exact) mass is 433 g/mol. The number of fused-ring (bicyclic) bond motifs is 3. The summed E-state index contributed by atoms with van der Waals surface area (Å²) in [6.07, 6.45) is 4.79. The molecule has 3 atom stereocenters. The van der Waals surface area contributed by atoms with Gasteiger partial charge in [0.25, 0.3) is 0 Å². The molecule has 1 amide bonds. The van der Waals surface area contributed by atoms with E-state index in [4.69, 9.17) is 0 Å². The Hall–Kier alpha value is -2.62. The quantitative estimate of drug-likeness (QED) is 0.600. The van der Waals surface area contributed by atoms with Gasteiger partial charge in [0.05, 0.1) is 11.8 Å². The lowest BCUT2D eigenvalue weighted by atomic mass is 9.49. The molecule has 170 valence electrons. The summed E-state index contributed by atoms with van der Waals surface area (Å²) in [7, 11) is 0. The number of carbonyl (C=O) groups excluding carboxylic acids is 1. The topological polar surface area (TPSA) is 66.4 Å². The van der Waals surface area contributed by atoms with Crippen LogP contribution >= 0.6 is 0 Å². The van der Waals surface area contributed by atoms with E-state index in [0.29, 0.717) is 6.42 Å². The summed E-state index contributed by atoms with van der Waals surface area (Å²) in [5.41, 5.74) is 4.70. The Bertz CT molecular complexity index is 1030. The molecule has 4 nitrogen and oxygen atoms in total. The molecule has 0 bridgehead atoms. The lowest BCUT2D eigenvalue weighted by Gasteiger charge is -2.53. The van der Waals surface area contributed by atoms with Crippen LogP contribution in [0.15, 0.2) is 42.5 Å². The minimum absolute atomic E-state index is 0.0189. The zero-order valence-corrected chi connectivity index (χ0v) is 19.7. The first-order valence-electron chi connectivity index (χ1n) is 11.9. The third-order valence-electron chi connectivity index (χ3n) is 8.12. The van der Waals surface area contributed by atoms with Gasteiger partial charge in [0.1, 0.15) is 0 Å². The molecule has 1 fully saturated rings. The molecule has 0 spiro atoms. The van der Waals surface area contributed by atoms with E-state index in [0.717, 1.165) is 48.9 Å². The minimum atomic E-state index is -0.696. The van der Waals surface area contributed by atoms with Crippen LogP contribution in [-0.4, -0.2) is 17.0 Å². The number of benzene rings is 2. The van der Waals surface area contributed by atoms with Crippen molar-refractivity contribution in [2.24, 2.45) is 11.3 Å². The Balaban J connectivity index is 1.72. The highest BCUT2D eigenvalue weighted by Crippen LogP contribution is 2.58. The molecule has 0 heterocycles. The molecule has 2 N–H and O–H groups in total. The number of aryl methyl sites for hydroxylation is 1. The second-order valence-corrected chi connectivity index (χ2v) is 10.5. The second kappa shape index (κ2) is 8.38. The highest BCUT2D eigenvalue weighted by Gasteiger charge is 2.55. The fraction of sp³-hybridized carbons (Fsp3) is 0.500. The summed E-state index contributed by atoms with van der Waals surface area (Å²) in [5, 5.41) is 13.3. The van der Waals surface area contributed by atoms with E-state index in [-0.39, 0.29) is 23.2 Å². The number of anilines is 1. The van der Waals surface area contributed by atoms with E-state index in [9.17, 15) is 14.7 Å². The van der Waals surface area contributed by atoms with Crippen LogP contribution in [0.5, 0.6) is 0 Å². The SMILES string of the molecule is CC(C)c1cc2c(cc1NC(=O)Cc1ccccc1)[C@@]1(C)CCC[C@@](C)(C(=O)O)[C@@H]1CC2. The van der Waals surface area contributed by atoms with Gasteiger partial charge in [-0.3, -0.25) is 9.59 Å². The zero-order chi connectivity index (χ0) is 23.1. The Labute approximate surface area is 191 Å². The maximum absolute atomic E-state index is 12.9. The van der Waals surface area contributed by atoms with Crippen molar-refractivity contribution in [1.82, 2.24) is 0 Å². The highest BCUT2D eigenvalue weighted by atomic mass is 16.4. The Morgan fingerprint density at radius 2 is 1.84 bits per heavy atom. The first kappa shape index (κ1) is 22.6. The van der Waals surface area contributed by atoms with Crippen molar-refractivity contribution in [2.45, 2.75) is 77.6 Å². The minimum Gasteiger partial charge on any atom is -0.481 e. The summed E-state index contributed by atoms with van der Waals surface area (Å²) < 4.78 is 0. The molecule has 0 unspecified atom stereocenters. The molecule has 0 radical (unpaired) electrons. The maximum Gasteiger partial charge on any atom is 0.309 e. The van der Waals surface area contributed by atoms with Crippen molar-refractivity contribution in [1.29, 1.82) is 0 Å². The molecular formula is C28H35NO3. The Morgan fingerprint density at radius 1 is 1.12 bits per heavy atom. The normalized spacial score (nSPS) is 26.8. The summed E-state index contributed by atoms with van der Waals surface area (Å²) in [6.45, 7) is 8.50. The van der Waals surface area contributed by atoms with Gasteiger partial charge >= 0.3 is 5.97 Å². The molecule has 4 rings (SSSR count). The van der Waals surface area contributed by atoms with E-state index in [2.05, 4.69) is 38.2 Å². The van der Waals surface area contributed by atoms with Crippen LogP contribution in [-0.2, 0) is 27.8 Å². The number of nitrogens with one attached hydrogen (secondary N) is 1. The van der Waals surface area contributed by atoms with Crippen LogP contribution in [0.3, 0.4) is 0 Å². The average Bonchev–Trinajstić information content (AvgIpc) is 2.74. The second-order valence-electron chi connectivity index (χ2n) is 10.5. The van der Waals surface area contributed by atoms with Gasteiger partial charge < -0.3 is 10.4 Å². The molecular weight excluding hydrogens is 398 g/mol. The molecule has 4 heteroatoms. The fourth-order valence-electron chi connectivity index (χ4n) is 6.35. The van der Waals surface area contributed by atoms with Crippen LogP contribution in [0.1, 0.15) is 81.5 Å². The molecule has 0 aliphatic heterocycles. The van der Waals surface area contributed by atoms with Gasteiger partial charge in [-0.15, -0.1) is 0 Å². The fourth-order valence-corrected chi connectivity index (χ4v) is 6.35. The van der Waals surface area contributed by atoms with Crippen molar-refractivity contribution >= 4 is 17.6 Å². The van der Waals surface area contributed by atoms with Crippen molar-refractivity contribution in [3.05, 3.63) is 64.7 Å². The molecule has 32 heavy (non-hydrogen) atoms. The molecule has 2 aliphatic carbocycles. The number of carboxylic acids is 1. The van der Waals surface area contributed by atoms with Crippen LogP contribution in [0, 0.1) is 11.3 Å². The molecule has 2 aromatic carbocycles. The van der Waals surface area contributed by atoms with Crippen LogP contribution in [0.4, 0.5) is 5.69 Å². The predicted molar refractivity (Wildman–Crippen MR) is 128 cm³/mol. The average molecular weight is 434 g/mol. The van der Waals surface area contributed by atoms with Crippen molar-refractivity contribution in [3.8, 4) is 0 Å². The van der Waals surface area contributed by atoms with Gasteiger partial charge in [0.15, 0.2) is 0 Å². The number of rotatable bonds is 5. The van der Waals surface area contributed by atoms with Gasteiger partial charge in [-0.05, 0) is 78.2 Å². The van der Waals surface area contributed by atoms with Crippen molar-refractivity contribution in [3.63, 3.8) is 0 Å². The first-order valence-corrected chi connectivity index (χ1v) is 11.9. The van der Waals surface area contributed by atoms with E-state index < -0.39 is 11.4 Å². The van der Waals surface area contributed by atoms with E-state index >= 15 is 0 Å². The highest BCUT2D eigenvalue weighted by molar-refractivity contribution is 5.93.